The highest BCUT2D eigenvalue weighted by Crippen LogP contribution is 2.24. The molecular formula is C23H17N3O4. The predicted octanol–water partition coefficient (Wildman–Crippen LogP) is 3.97. The molecule has 3 aromatic heterocycles. The van der Waals surface area contributed by atoms with Crippen molar-refractivity contribution in [1.29, 1.82) is 0 Å². The van der Waals surface area contributed by atoms with E-state index < -0.39 is 5.56 Å². The quantitative estimate of drug-likeness (QED) is 0.447. The van der Waals surface area contributed by atoms with Gasteiger partial charge in [-0.3, -0.25) is 14.2 Å². The van der Waals surface area contributed by atoms with E-state index in [-0.39, 0.29) is 24.6 Å². The van der Waals surface area contributed by atoms with E-state index in [2.05, 4.69) is 4.98 Å². The van der Waals surface area contributed by atoms with Crippen LogP contribution in [0.25, 0.3) is 22.1 Å². The highest BCUT2D eigenvalue weighted by molar-refractivity contribution is 6.01. The van der Waals surface area contributed by atoms with E-state index >= 15 is 0 Å². The summed E-state index contributed by atoms with van der Waals surface area (Å²) in [5.74, 6) is 0.377. The molecule has 0 fully saturated rings. The van der Waals surface area contributed by atoms with Gasteiger partial charge in [0, 0.05) is 11.1 Å². The van der Waals surface area contributed by atoms with Crippen molar-refractivity contribution in [3.63, 3.8) is 0 Å². The van der Waals surface area contributed by atoms with E-state index in [0.29, 0.717) is 22.5 Å². The molecular weight excluding hydrogens is 382 g/mol. The Bertz CT molecular complexity index is 1380. The molecule has 0 bridgehead atoms. The highest BCUT2D eigenvalue weighted by atomic mass is 16.3. The Morgan fingerprint density at radius 2 is 1.80 bits per heavy atom. The Kier molecular flexibility index (Phi) is 4.40. The summed E-state index contributed by atoms with van der Waals surface area (Å²) in [6.07, 6.45) is 2.95. The van der Waals surface area contributed by atoms with Crippen LogP contribution in [0.1, 0.15) is 5.76 Å². The summed E-state index contributed by atoms with van der Waals surface area (Å²) in [5.41, 5.74) is 1.55. The number of fused-ring (bicyclic) bond motifs is 3. The first-order chi connectivity index (χ1) is 14.7. The average molecular weight is 399 g/mol. The van der Waals surface area contributed by atoms with E-state index in [1.807, 2.05) is 48.5 Å². The van der Waals surface area contributed by atoms with Gasteiger partial charge in [-0.15, -0.1) is 0 Å². The Morgan fingerprint density at radius 3 is 2.60 bits per heavy atom. The van der Waals surface area contributed by atoms with Gasteiger partial charge in [0.05, 0.1) is 19.1 Å². The van der Waals surface area contributed by atoms with Crippen LogP contribution in [0.3, 0.4) is 0 Å². The van der Waals surface area contributed by atoms with Crippen LogP contribution in [0.2, 0.25) is 0 Å². The third-order valence-corrected chi connectivity index (χ3v) is 4.92. The third-order valence-electron chi connectivity index (χ3n) is 4.92. The van der Waals surface area contributed by atoms with Crippen molar-refractivity contribution in [2.24, 2.45) is 0 Å². The number of aromatic nitrogens is 2. The second-order valence-corrected chi connectivity index (χ2v) is 6.85. The largest absolute Gasteiger partial charge is 0.467 e. The molecule has 0 unspecified atom stereocenters. The first-order valence-corrected chi connectivity index (χ1v) is 9.45. The van der Waals surface area contributed by atoms with Gasteiger partial charge < -0.3 is 13.7 Å². The maximum Gasteiger partial charge on any atom is 0.297 e. The first kappa shape index (κ1) is 17.9. The zero-order valence-electron chi connectivity index (χ0n) is 15.9. The smallest absolute Gasteiger partial charge is 0.297 e. The van der Waals surface area contributed by atoms with Gasteiger partial charge >= 0.3 is 0 Å². The molecule has 0 aliphatic rings. The number of carbonyl (C=O) groups is 1. The molecule has 0 spiro atoms. The number of amides is 1. The van der Waals surface area contributed by atoms with Crippen molar-refractivity contribution >= 4 is 33.7 Å². The summed E-state index contributed by atoms with van der Waals surface area (Å²) in [6.45, 7) is 0.0827. The Balaban J connectivity index is 1.50. The standard InChI is InChI=1S/C23H17N3O4/c27-20(26(13-17-9-6-12-29-17)16-7-2-1-3-8-16)14-25-15-24-21-18-10-4-5-11-19(18)30-22(21)23(25)28/h1-12,15H,13-14H2. The molecule has 1 amide bonds. The topological polar surface area (TPSA) is 81.5 Å². The summed E-state index contributed by atoms with van der Waals surface area (Å²) in [4.78, 5) is 32.1. The SMILES string of the molecule is O=C(Cn1cnc2c(oc3ccccc32)c1=O)N(Cc1ccco1)c1ccccc1. The van der Waals surface area contributed by atoms with Crippen LogP contribution < -0.4 is 10.5 Å². The maximum absolute atomic E-state index is 13.2. The number of carbonyl (C=O) groups excluding carboxylic acids is 1. The molecule has 148 valence electrons. The van der Waals surface area contributed by atoms with Crippen molar-refractivity contribution in [1.82, 2.24) is 9.55 Å². The number of hydrogen-bond donors (Lipinski definition) is 0. The monoisotopic (exact) mass is 399 g/mol. The molecule has 0 atom stereocenters. The molecule has 0 saturated heterocycles. The van der Waals surface area contributed by atoms with Gasteiger partial charge in [-0.05, 0) is 36.4 Å². The van der Waals surface area contributed by atoms with Crippen molar-refractivity contribution < 1.29 is 13.6 Å². The summed E-state index contributed by atoms with van der Waals surface area (Å²) in [5, 5.41) is 0.770. The van der Waals surface area contributed by atoms with Gasteiger partial charge in [-0.1, -0.05) is 30.3 Å². The lowest BCUT2D eigenvalue weighted by Gasteiger charge is -2.22. The molecule has 7 nitrogen and oxygen atoms in total. The number of rotatable bonds is 5. The minimum atomic E-state index is -0.393. The Hall–Kier alpha value is -4.13. The zero-order valence-corrected chi connectivity index (χ0v) is 15.9. The average Bonchev–Trinajstić information content (AvgIpc) is 3.42. The van der Waals surface area contributed by atoms with E-state index in [0.717, 1.165) is 5.39 Å². The highest BCUT2D eigenvalue weighted by Gasteiger charge is 2.20. The Morgan fingerprint density at radius 1 is 1.00 bits per heavy atom. The van der Waals surface area contributed by atoms with Crippen LogP contribution in [0.5, 0.6) is 0 Å². The van der Waals surface area contributed by atoms with Crippen LogP contribution in [-0.4, -0.2) is 15.5 Å². The number of hydrogen-bond acceptors (Lipinski definition) is 5. The zero-order chi connectivity index (χ0) is 20.5. The van der Waals surface area contributed by atoms with Crippen LogP contribution in [0.4, 0.5) is 5.69 Å². The molecule has 0 aliphatic heterocycles. The lowest BCUT2D eigenvalue weighted by atomic mass is 10.2. The van der Waals surface area contributed by atoms with E-state index in [1.54, 1.807) is 29.4 Å². The van der Waals surface area contributed by atoms with Gasteiger partial charge in [0.15, 0.2) is 0 Å². The van der Waals surface area contributed by atoms with Crippen LogP contribution in [-0.2, 0) is 17.9 Å². The fourth-order valence-corrected chi connectivity index (χ4v) is 3.45. The van der Waals surface area contributed by atoms with Crippen LogP contribution in [0, 0.1) is 0 Å². The van der Waals surface area contributed by atoms with Crippen molar-refractivity contribution in [2.75, 3.05) is 4.90 Å². The van der Waals surface area contributed by atoms with Crippen molar-refractivity contribution in [3.8, 4) is 0 Å². The lowest BCUT2D eigenvalue weighted by Crippen LogP contribution is -2.36. The van der Waals surface area contributed by atoms with Crippen LogP contribution >= 0.6 is 0 Å². The summed E-state index contributed by atoms with van der Waals surface area (Å²) >= 11 is 0. The number of furan rings is 2. The molecule has 2 aromatic carbocycles. The molecule has 30 heavy (non-hydrogen) atoms. The fraction of sp³-hybridized carbons (Fsp3) is 0.0870. The second-order valence-electron chi connectivity index (χ2n) is 6.85. The summed E-state index contributed by atoms with van der Waals surface area (Å²) < 4.78 is 12.4. The predicted molar refractivity (Wildman–Crippen MR) is 112 cm³/mol. The van der Waals surface area contributed by atoms with E-state index in [4.69, 9.17) is 8.83 Å². The molecule has 5 rings (SSSR count). The van der Waals surface area contributed by atoms with Gasteiger partial charge in [0.1, 0.15) is 23.4 Å². The normalized spacial score (nSPS) is 11.2. The van der Waals surface area contributed by atoms with Gasteiger partial charge in [-0.25, -0.2) is 4.98 Å². The third kappa shape index (κ3) is 3.16. The number of nitrogens with zero attached hydrogens (tertiary/aromatic N) is 3. The fourth-order valence-electron chi connectivity index (χ4n) is 3.45. The number of benzene rings is 2. The van der Waals surface area contributed by atoms with Gasteiger partial charge in [-0.2, -0.15) is 0 Å². The summed E-state index contributed by atoms with van der Waals surface area (Å²) in [7, 11) is 0. The molecule has 0 saturated carbocycles. The molecule has 0 aliphatic carbocycles. The Labute approximate surface area is 170 Å². The number of anilines is 1. The molecule has 0 N–H and O–H groups in total. The van der Waals surface area contributed by atoms with Crippen molar-refractivity contribution in [3.05, 3.63) is 95.4 Å². The molecule has 5 aromatic rings. The lowest BCUT2D eigenvalue weighted by molar-refractivity contribution is -0.119. The van der Waals surface area contributed by atoms with E-state index in [9.17, 15) is 9.59 Å². The molecule has 7 heteroatoms. The summed E-state index contributed by atoms with van der Waals surface area (Å²) in [6, 6.07) is 20.2. The first-order valence-electron chi connectivity index (χ1n) is 9.45. The second kappa shape index (κ2) is 7.36. The van der Waals surface area contributed by atoms with Crippen molar-refractivity contribution in [2.45, 2.75) is 13.1 Å². The van der Waals surface area contributed by atoms with Crippen LogP contribution in [0.15, 0.2) is 92.9 Å². The molecule has 0 radical (unpaired) electrons. The number of para-hydroxylation sites is 2. The van der Waals surface area contributed by atoms with Gasteiger partial charge in [0.25, 0.3) is 5.56 Å². The minimum absolute atomic E-state index is 0.142. The van der Waals surface area contributed by atoms with E-state index in [1.165, 1.54) is 10.9 Å². The van der Waals surface area contributed by atoms with Gasteiger partial charge in [0.2, 0.25) is 11.5 Å². The minimum Gasteiger partial charge on any atom is -0.467 e. The maximum atomic E-state index is 13.2. The molecule has 3 heterocycles.